The van der Waals surface area contributed by atoms with Crippen LogP contribution in [0.25, 0.3) is 0 Å². The van der Waals surface area contributed by atoms with Crippen LogP contribution in [0, 0.1) is 5.92 Å². The van der Waals surface area contributed by atoms with Gasteiger partial charge in [-0.1, -0.05) is 0 Å². The maximum Gasteiger partial charge on any atom is 0.347 e. The number of carbonyl (C=O) groups excluding carboxylic acids is 2. The molecule has 0 fully saturated rings. The third-order valence-corrected chi connectivity index (χ3v) is 3.99. The van der Waals surface area contributed by atoms with Gasteiger partial charge in [-0.3, -0.25) is 9.59 Å². The first-order chi connectivity index (χ1) is 12.1. The quantitative estimate of drug-likeness (QED) is 0.340. The first-order valence-corrected chi connectivity index (χ1v) is 7.11. The van der Waals surface area contributed by atoms with Crippen LogP contribution in [-0.4, -0.2) is 62.6 Å². The Hall–Kier alpha value is -3.50. The third kappa shape index (κ3) is 3.06. The summed E-state index contributed by atoms with van der Waals surface area (Å²) in [5, 5.41) is 47.8. The van der Waals surface area contributed by atoms with E-state index in [1.807, 2.05) is 0 Å². The summed E-state index contributed by atoms with van der Waals surface area (Å²) in [6, 6.07) is 0.715. The van der Waals surface area contributed by atoms with Gasteiger partial charge in [-0.25, -0.2) is 9.59 Å². The van der Waals surface area contributed by atoms with E-state index in [1.54, 1.807) is 0 Å². The number of rotatable bonds is 5. The van der Waals surface area contributed by atoms with Crippen molar-refractivity contribution in [2.75, 3.05) is 7.11 Å². The average molecular weight is 370 g/mol. The molecule has 140 valence electrons. The molecule has 0 amide bonds. The van der Waals surface area contributed by atoms with Gasteiger partial charge in [0.1, 0.15) is 0 Å². The summed E-state index contributed by atoms with van der Waals surface area (Å²) in [6.07, 6.45) is -2.86. The minimum Gasteiger partial charge on any atom is -0.504 e. The molecule has 1 aliphatic rings. The Morgan fingerprint density at radius 2 is 1.81 bits per heavy atom. The number of cyclic esters (lactones) is 1. The minimum absolute atomic E-state index is 0.514. The van der Waals surface area contributed by atoms with E-state index in [-0.39, 0.29) is 0 Å². The molecule has 3 atom stereocenters. The Balaban J connectivity index is 2.78. The van der Waals surface area contributed by atoms with Gasteiger partial charge in [-0.15, -0.1) is 0 Å². The maximum absolute atomic E-state index is 12.1. The number of carbonyl (C=O) groups is 4. The summed E-state index contributed by atoms with van der Waals surface area (Å²) in [4.78, 5) is 46.7. The van der Waals surface area contributed by atoms with Crippen LogP contribution >= 0.6 is 0 Å². The lowest BCUT2D eigenvalue weighted by molar-refractivity contribution is -0.158. The number of ether oxygens (including phenoxy) is 2. The number of benzene rings is 1. The largest absolute Gasteiger partial charge is 0.504 e. The topological polar surface area (TPSA) is 188 Å². The maximum atomic E-state index is 12.1. The number of hydrogen-bond acceptors (Lipinski definition) is 9. The normalized spacial score (nSPS) is 19.8. The molecule has 2 rings (SSSR count). The van der Waals surface area contributed by atoms with Gasteiger partial charge >= 0.3 is 23.9 Å². The van der Waals surface area contributed by atoms with Gasteiger partial charge in [0.25, 0.3) is 0 Å². The molecule has 0 radical (unpaired) electrons. The van der Waals surface area contributed by atoms with E-state index in [0.29, 0.717) is 6.07 Å². The molecule has 1 heterocycles. The standard InChI is InChI=1S/C15H14O11/c1-25-15(24)12-9(4(13(21)22)3-7(17)18)8-5(14(23)26-12)2-6(16)10(19)11(8)20/h2,4,9,12,16,19-20H,3H2,1H3,(H,17,18)(H,21,22)/t4-,9+,12+/m1/s1. The molecule has 1 aliphatic heterocycles. The van der Waals surface area contributed by atoms with Gasteiger partial charge in [0.05, 0.1) is 30.9 Å². The van der Waals surface area contributed by atoms with Crippen LogP contribution in [0.1, 0.15) is 28.3 Å². The van der Waals surface area contributed by atoms with Gasteiger partial charge in [0, 0.05) is 5.56 Å². The summed E-state index contributed by atoms with van der Waals surface area (Å²) in [6.45, 7) is 0. The molecule has 1 aromatic carbocycles. The molecule has 5 N–H and O–H groups in total. The lowest BCUT2D eigenvalue weighted by Gasteiger charge is -2.34. The molecule has 0 aliphatic carbocycles. The van der Waals surface area contributed by atoms with Crippen LogP contribution in [0.15, 0.2) is 6.07 Å². The minimum atomic E-state index is -1.88. The average Bonchev–Trinajstić information content (AvgIpc) is 2.57. The van der Waals surface area contributed by atoms with Crippen LogP contribution < -0.4 is 0 Å². The van der Waals surface area contributed by atoms with Gasteiger partial charge in [0.15, 0.2) is 11.5 Å². The van der Waals surface area contributed by atoms with Crippen molar-refractivity contribution in [2.24, 2.45) is 5.92 Å². The van der Waals surface area contributed by atoms with Crippen molar-refractivity contribution in [1.82, 2.24) is 0 Å². The summed E-state index contributed by atoms with van der Waals surface area (Å²) in [7, 11) is 0.934. The third-order valence-electron chi connectivity index (χ3n) is 3.99. The van der Waals surface area contributed by atoms with Gasteiger partial charge < -0.3 is 35.0 Å². The Morgan fingerprint density at radius 1 is 1.19 bits per heavy atom. The molecule has 0 bridgehead atoms. The van der Waals surface area contributed by atoms with Gasteiger partial charge in [-0.05, 0) is 6.07 Å². The predicted octanol–water partition coefficient (Wildman–Crippen LogP) is -0.226. The lowest BCUT2D eigenvalue weighted by atomic mass is 9.76. The van der Waals surface area contributed by atoms with E-state index in [4.69, 9.17) is 9.84 Å². The van der Waals surface area contributed by atoms with Crippen molar-refractivity contribution in [3.05, 3.63) is 17.2 Å². The zero-order chi connectivity index (χ0) is 19.8. The van der Waals surface area contributed by atoms with E-state index >= 15 is 0 Å². The molecule has 0 unspecified atom stereocenters. The Kier molecular flexibility index (Phi) is 4.91. The monoisotopic (exact) mass is 370 g/mol. The molecule has 26 heavy (non-hydrogen) atoms. The number of fused-ring (bicyclic) bond motifs is 1. The van der Waals surface area contributed by atoms with Crippen molar-refractivity contribution in [3.8, 4) is 17.2 Å². The number of esters is 2. The number of methoxy groups -OCH3 is 1. The zero-order valence-electron chi connectivity index (χ0n) is 13.2. The molecule has 11 heteroatoms. The Labute approximate surface area is 145 Å². The number of hydrogen-bond donors (Lipinski definition) is 5. The summed E-state index contributed by atoms with van der Waals surface area (Å²) in [5.74, 6) is -12.1. The van der Waals surface area contributed by atoms with Crippen LogP contribution in [0.4, 0.5) is 0 Å². The second kappa shape index (κ2) is 6.78. The fourth-order valence-electron chi connectivity index (χ4n) is 2.85. The van der Waals surface area contributed by atoms with Gasteiger partial charge in [-0.2, -0.15) is 0 Å². The number of phenols is 3. The van der Waals surface area contributed by atoms with E-state index in [9.17, 15) is 39.6 Å². The van der Waals surface area contributed by atoms with E-state index in [1.165, 1.54) is 0 Å². The van der Waals surface area contributed by atoms with Crippen LogP contribution in [0.5, 0.6) is 17.2 Å². The molecular formula is C15H14O11. The van der Waals surface area contributed by atoms with Gasteiger partial charge in [0.2, 0.25) is 11.9 Å². The highest BCUT2D eigenvalue weighted by atomic mass is 16.6. The number of phenolic OH excluding ortho intramolecular Hbond substituents is 3. The number of aromatic hydroxyl groups is 3. The smallest absolute Gasteiger partial charge is 0.347 e. The Bertz CT molecular complexity index is 797. The predicted molar refractivity (Wildman–Crippen MR) is 78.8 cm³/mol. The van der Waals surface area contributed by atoms with E-state index < -0.39 is 76.6 Å². The zero-order valence-corrected chi connectivity index (χ0v) is 13.2. The highest BCUT2D eigenvalue weighted by Gasteiger charge is 2.50. The summed E-state index contributed by atoms with van der Waals surface area (Å²) >= 11 is 0. The summed E-state index contributed by atoms with van der Waals surface area (Å²) in [5.41, 5.74) is -1.04. The molecular weight excluding hydrogens is 356 g/mol. The number of carboxylic acids is 2. The number of aliphatic carboxylic acids is 2. The highest BCUT2D eigenvalue weighted by Crippen LogP contribution is 2.49. The van der Waals surface area contributed by atoms with E-state index in [0.717, 1.165) is 7.11 Å². The van der Waals surface area contributed by atoms with Crippen LogP contribution in [-0.2, 0) is 23.9 Å². The fraction of sp³-hybridized carbons (Fsp3) is 0.333. The van der Waals surface area contributed by atoms with Crippen LogP contribution in [0.3, 0.4) is 0 Å². The lowest BCUT2D eigenvalue weighted by Crippen LogP contribution is -2.44. The molecule has 0 spiro atoms. The van der Waals surface area contributed by atoms with Crippen LogP contribution in [0.2, 0.25) is 0 Å². The molecule has 0 saturated heterocycles. The highest BCUT2D eigenvalue weighted by molar-refractivity contribution is 5.98. The van der Waals surface area contributed by atoms with Crippen molar-refractivity contribution in [2.45, 2.75) is 18.4 Å². The molecule has 11 nitrogen and oxygen atoms in total. The van der Waals surface area contributed by atoms with Crippen molar-refractivity contribution in [1.29, 1.82) is 0 Å². The second-order valence-corrected chi connectivity index (χ2v) is 5.47. The second-order valence-electron chi connectivity index (χ2n) is 5.47. The molecule has 0 saturated carbocycles. The van der Waals surface area contributed by atoms with Crippen molar-refractivity contribution >= 4 is 23.9 Å². The fourth-order valence-corrected chi connectivity index (χ4v) is 2.85. The summed E-state index contributed by atoms with van der Waals surface area (Å²) < 4.78 is 9.33. The van der Waals surface area contributed by atoms with E-state index in [2.05, 4.69) is 4.74 Å². The first kappa shape index (κ1) is 18.8. The Morgan fingerprint density at radius 3 is 2.31 bits per heavy atom. The number of carboxylic acid groups (broad SMARTS) is 2. The molecule has 0 aromatic heterocycles. The molecule has 1 aromatic rings. The SMILES string of the molecule is COC(=O)[C@H]1OC(=O)c2cc(O)c(O)c(O)c2[C@@H]1[C@@H](CC(=O)O)C(=O)O. The first-order valence-electron chi connectivity index (χ1n) is 7.11. The van der Waals surface area contributed by atoms with Crippen molar-refractivity contribution < 1.29 is 54.2 Å². The van der Waals surface area contributed by atoms with Crippen molar-refractivity contribution in [3.63, 3.8) is 0 Å².